The molecule has 1 unspecified atom stereocenters. The maximum Gasteiger partial charge on any atom is 0.0791 e. The van der Waals surface area contributed by atoms with Crippen LogP contribution in [0.5, 0.6) is 0 Å². The second-order valence-corrected chi connectivity index (χ2v) is 5.17. The van der Waals surface area contributed by atoms with E-state index in [0.29, 0.717) is 6.54 Å². The Bertz CT molecular complexity index is 371. The molecule has 2 rings (SSSR count). The Morgan fingerprint density at radius 2 is 2.17 bits per heavy atom. The molecule has 18 heavy (non-hydrogen) atoms. The third-order valence-electron chi connectivity index (χ3n) is 3.70. The molecular weight excluding hydrogens is 228 g/mol. The average Bonchev–Trinajstić information content (AvgIpc) is 2.94. The Labute approximate surface area is 109 Å². The summed E-state index contributed by atoms with van der Waals surface area (Å²) >= 11 is 0. The van der Waals surface area contributed by atoms with Crippen LogP contribution in [0.4, 0.5) is 0 Å². The van der Waals surface area contributed by atoms with Gasteiger partial charge in [0.1, 0.15) is 0 Å². The summed E-state index contributed by atoms with van der Waals surface area (Å²) in [5, 5.41) is 17.4. The van der Waals surface area contributed by atoms with Gasteiger partial charge in [-0.1, -0.05) is 0 Å². The van der Waals surface area contributed by atoms with Crippen molar-refractivity contribution in [2.24, 2.45) is 7.05 Å². The number of likely N-dealkylation sites (tertiary alicyclic amines) is 1. The molecule has 102 valence electrons. The minimum atomic E-state index is -0.278. The zero-order chi connectivity index (χ0) is 13.0. The molecule has 1 aromatic heterocycles. The molecule has 0 radical (unpaired) electrons. The van der Waals surface area contributed by atoms with Crippen molar-refractivity contribution < 1.29 is 5.11 Å². The third kappa shape index (κ3) is 3.54. The van der Waals surface area contributed by atoms with E-state index >= 15 is 0 Å². The van der Waals surface area contributed by atoms with E-state index in [9.17, 15) is 5.11 Å². The smallest absolute Gasteiger partial charge is 0.0791 e. The van der Waals surface area contributed by atoms with E-state index in [-0.39, 0.29) is 6.10 Å². The van der Waals surface area contributed by atoms with Crippen LogP contribution in [0.1, 0.15) is 24.1 Å². The summed E-state index contributed by atoms with van der Waals surface area (Å²) in [4.78, 5) is 2.33. The highest BCUT2D eigenvalue weighted by atomic mass is 16.3. The summed E-state index contributed by atoms with van der Waals surface area (Å²) in [6, 6.07) is 0. The van der Waals surface area contributed by atoms with Crippen LogP contribution in [0, 0.1) is 6.92 Å². The highest BCUT2D eigenvalue weighted by Crippen LogP contribution is 2.08. The summed E-state index contributed by atoms with van der Waals surface area (Å²) in [6.07, 6.45) is 4.15. The van der Waals surface area contributed by atoms with Gasteiger partial charge in [0.25, 0.3) is 0 Å². The van der Waals surface area contributed by atoms with Gasteiger partial charge in [0.05, 0.1) is 12.3 Å². The van der Waals surface area contributed by atoms with Gasteiger partial charge in [0.15, 0.2) is 0 Å². The number of hydrogen-bond acceptors (Lipinski definition) is 4. The van der Waals surface area contributed by atoms with Crippen molar-refractivity contribution in [3.05, 3.63) is 17.5 Å². The molecule has 1 aromatic rings. The second kappa shape index (κ2) is 6.31. The summed E-state index contributed by atoms with van der Waals surface area (Å²) in [7, 11) is 1.95. The minimum Gasteiger partial charge on any atom is -0.390 e. The van der Waals surface area contributed by atoms with Crippen LogP contribution in [0.25, 0.3) is 0 Å². The van der Waals surface area contributed by atoms with Gasteiger partial charge in [-0.3, -0.25) is 4.68 Å². The lowest BCUT2D eigenvalue weighted by molar-refractivity contribution is 0.123. The Balaban J connectivity index is 1.66. The number of rotatable bonds is 6. The summed E-state index contributed by atoms with van der Waals surface area (Å²) < 4.78 is 1.87. The number of aliphatic hydroxyl groups is 1. The van der Waals surface area contributed by atoms with E-state index in [4.69, 9.17) is 0 Å². The Morgan fingerprint density at radius 1 is 1.44 bits per heavy atom. The molecule has 5 nitrogen and oxygen atoms in total. The van der Waals surface area contributed by atoms with Crippen molar-refractivity contribution in [1.82, 2.24) is 20.0 Å². The van der Waals surface area contributed by atoms with Gasteiger partial charge >= 0.3 is 0 Å². The van der Waals surface area contributed by atoms with E-state index in [1.165, 1.54) is 24.1 Å². The highest BCUT2D eigenvalue weighted by molar-refractivity contribution is 5.15. The highest BCUT2D eigenvalue weighted by Gasteiger charge is 2.15. The molecule has 0 spiro atoms. The van der Waals surface area contributed by atoms with Crippen molar-refractivity contribution in [3.8, 4) is 0 Å². The van der Waals surface area contributed by atoms with Crippen LogP contribution in [0.15, 0.2) is 6.20 Å². The quantitative estimate of drug-likeness (QED) is 0.763. The van der Waals surface area contributed by atoms with Crippen molar-refractivity contribution in [3.63, 3.8) is 0 Å². The Hall–Kier alpha value is -0.910. The van der Waals surface area contributed by atoms with Crippen LogP contribution in [-0.2, 0) is 13.6 Å². The molecule has 2 heterocycles. The fourth-order valence-corrected chi connectivity index (χ4v) is 2.42. The van der Waals surface area contributed by atoms with Gasteiger partial charge in [-0.05, 0) is 32.9 Å². The molecular formula is C13H24N4O. The molecule has 5 heteroatoms. The monoisotopic (exact) mass is 252 g/mol. The van der Waals surface area contributed by atoms with Crippen molar-refractivity contribution in [1.29, 1.82) is 0 Å². The van der Waals surface area contributed by atoms with Crippen LogP contribution in [0.3, 0.4) is 0 Å². The van der Waals surface area contributed by atoms with E-state index in [1.807, 2.05) is 17.9 Å². The van der Waals surface area contributed by atoms with Gasteiger partial charge in [-0.15, -0.1) is 0 Å². The van der Waals surface area contributed by atoms with Crippen LogP contribution in [0.2, 0.25) is 0 Å². The predicted molar refractivity (Wildman–Crippen MR) is 71.3 cm³/mol. The van der Waals surface area contributed by atoms with Crippen molar-refractivity contribution >= 4 is 0 Å². The molecule has 1 saturated heterocycles. The second-order valence-electron chi connectivity index (χ2n) is 5.17. The van der Waals surface area contributed by atoms with Gasteiger partial charge in [-0.25, -0.2) is 0 Å². The molecule has 0 aliphatic carbocycles. The standard InChI is InChI=1S/C13H24N4O/c1-11-12(8-15-16(11)2)7-14-9-13(18)10-17-5-3-4-6-17/h8,13-14,18H,3-7,9-10H2,1-2H3. The first-order valence-corrected chi connectivity index (χ1v) is 6.75. The SMILES string of the molecule is Cc1c(CNCC(O)CN2CCCC2)cnn1C. The zero-order valence-corrected chi connectivity index (χ0v) is 11.4. The molecule has 1 fully saturated rings. The number of β-amino-alcohol motifs (C(OH)–C–C–N with tert-alkyl or cyclic N) is 1. The zero-order valence-electron chi connectivity index (χ0n) is 11.4. The number of nitrogens with one attached hydrogen (secondary N) is 1. The molecule has 0 amide bonds. The first-order valence-electron chi connectivity index (χ1n) is 6.75. The minimum absolute atomic E-state index is 0.278. The van der Waals surface area contributed by atoms with E-state index < -0.39 is 0 Å². The molecule has 2 N–H and O–H groups in total. The Morgan fingerprint density at radius 3 is 2.78 bits per heavy atom. The average molecular weight is 252 g/mol. The molecule has 1 aliphatic rings. The van der Waals surface area contributed by atoms with Crippen LogP contribution >= 0.6 is 0 Å². The van der Waals surface area contributed by atoms with E-state index in [2.05, 4.69) is 22.2 Å². The Kier molecular flexibility index (Phi) is 4.74. The largest absolute Gasteiger partial charge is 0.390 e. The molecule has 0 bridgehead atoms. The number of hydrogen-bond donors (Lipinski definition) is 2. The summed E-state index contributed by atoms with van der Waals surface area (Å²) in [6.45, 7) is 6.54. The first-order chi connectivity index (χ1) is 8.66. The van der Waals surface area contributed by atoms with E-state index in [1.54, 1.807) is 0 Å². The van der Waals surface area contributed by atoms with Crippen LogP contribution < -0.4 is 5.32 Å². The molecule has 1 aliphatic heterocycles. The fourth-order valence-electron chi connectivity index (χ4n) is 2.42. The van der Waals surface area contributed by atoms with Gasteiger partial charge in [-0.2, -0.15) is 5.10 Å². The summed E-state index contributed by atoms with van der Waals surface area (Å²) in [5.74, 6) is 0. The lowest BCUT2D eigenvalue weighted by Crippen LogP contribution is -2.36. The number of aliphatic hydroxyl groups excluding tert-OH is 1. The lowest BCUT2D eigenvalue weighted by Gasteiger charge is -2.19. The fraction of sp³-hybridized carbons (Fsp3) is 0.769. The van der Waals surface area contributed by atoms with Crippen molar-refractivity contribution in [2.75, 3.05) is 26.2 Å². The molecule has 1 atom stereocenters. The van der Waals surface area contributed by atoms with E-state index in [0.717, 1.165) is 26.2 Å². The maximum absolute atomic E-state index is 9.94. The topological polar surface area (TPSA) is 53.3 Å². The normalized spacial score (nSPS) is 18.4. The van der Waals surface area contributed by atoms with Crippen LogP contribution in [-0.4, -0.2) is 52.1 Å². The lowest BCUT2D eigenvalue weighted by atomic mass is 10.2. The van der Waals surface area contributed by atoms with Crippen molar-refractivity contribution in [2.45, 2.75) is 32.4 Å². The molecule has 0 saturated carbocycles. The number of aromatic nitrogens is 2. The van der Waals surface area contributed by atoms with Gasteiger partial charge < -0.3 is 15.3 Å². The molecule has 0 aromatic carbocycles. The summed E-state index contributed by atoms with van der Waals surface area (Å²) in [5.41, 5.74) is 2.38. The first kappa shape index (κ1) is 13.5. The number of aryl methyl sites for hydroxylation is 1. The number of nitrogens with zero attached hydrogens (tertiary/aromatic N) is 3. The third-order valence-corrected chi connectivity index (χ3v) is 3.70. The van der Waals surface area contributed by atoms with Gasteiger partial charge in [0, 0.05) is 37.9 Å². The predicted octanol–water partition coefficient (Wildman–Crippen LogP) is 0.275. The van der Waals surface area contributed by atoms with Gasteiger partial charge in [0.2, 0.25) is 0 Å². The maximum atomic E-state index is 9.94.